The zero-order chi connectivity index (χ0) is 13.5. The topological polar surface area (TPSA) is 43.6 Å². The Hall–Kier alpha value is -2.12. The van der Waals surface area contributed by atoms with Crippen molar-refractivity contribution in [3.05, 3.63) is 40.2 Å². The number of halogens is 4. The van der Waals surface area contributed by atoms with E-state index in [-0.39, 0.29) is 11.4 Å². The first kappa shape index (κ1) is 12.3. The van der Waals surface area contributed by atoms with E-state index in [0.717, 1.165) is 19.4 Å². The van der Waals surface area contributed by atoms with E-state index in [1.807, 2.05) is 0 Å². The number of methoxy groups -OCH3 is 1. The number of nitrogens with zero attached hydrogens (tertiary/aromatic N) is 2. The smallest absolute Gasteiger partial charge is 0.433 e. The van der Waals surface area contributed by atoms with Crippen molar-refractivity contribution in [2.75, 3.05) is 7.11 Å². The van der Waals surface area contributed by atoms with Gasteiger partial charge in [0.2, 0.25) is 0 Å². The number of fused-ring (bicyclic) bond motifs is 1. The fraction of sp³-hybridized carbons (Fsp3) is 0.200. The van der Waals surface area contributed by atoms with Crippen molar-refractivity contribution in [3.63, 3.8) is 0 Å². The van der Waals surface area contributed by atoms with Crippen LogP contribution in [0.3, 0.4) is 0 Å². The minimum absolute atomic E-state index is 0.291. The van der Waals surface area contributed by atoms with Gasteiger partial charge in [0.05, 0.1) is 13.3 Å². The molecule has 0 aliphatic rings. The molecule has 0 amide bonds. The summed E-state index contributed by atoms with van der Waals surface area (Å²) in [5.41, 5.74) is -2.69. The lowest BCUT2D eigenvalue weighted by atomic mass is 10.3. The molecule has 0 saturated heterocycles. The van der Waals surface area contributed by atoms with Crippen molar-refractivity contribution in [1.82, 2.24) is 9.38 Å². The first-order valence-corrected chi connectivity index (χ1v) is 4.67. The summed E-state index contributed by atoms with van der Waals surface area (Å²) in [5.74, 6) is -1.16. The standard InChI is InChI=1S/C10H6F4N2O2/c1-18-6-2-8-15-7(10(12,13)14)3-9(17)16(8)4-5(6)11/h2-4H,1H3. The molecule has 0 bridgehead atoms. The van der Waals surface area contributed by atoms with Crippen LogP contribution in [0.4, 0.5) is 17.6 Å². The fourth-order valence-electron chi connectivity index (χ4n) is 1.41. The van der Waals surface area contributed by atoms with Gasteiger partial charge < -0.3 is 4.74 Å². The summed E-state index contributed by atoms with van der Waals surface area (Å²) >= 11 is 0. The van der Waals surface area contributed by atoms with Crippen LogP contribution in [-0.4, -0.2) is 16.5 Å². The van der Waals surface area contributed by atoms with Crippen molar-refractivity contribution in [2.45, 2.75) is 6.18 Å². The Bertz CT molecular complexity index is 663. The molecule has 2 aromatic rings. The Morgan fingerprint density at radius 2 is 2.00 bits per heavy atom. The Labute approximate surface area is 97.4 Å². The van der Waals surface area contributed by atoms with Gasteiger partial charge in [0.25, 0.3) is 5.56 Å². The van der Waals surface area contributed by atoms with Crippen LogP contribution >= 0.6 is 0 Å². The van der Waals surface area contributed by atoms with Crippen LogP contribution in [0.5, 0.6) is 5.75 Å². The Balaban J connectivity index is 2.80. The van der Waals surface area contributed by atoms with Crippen LogP contribution in [0.2, 0.25) is 0 Å². The quantitative estimate of drug-likeness (QED) is 0.737. The molecule has 0 saturated carbocycles. The van der Waals surface area contributed by atoms with Crippen molar-refractivity contribution in [2.24, 2.45) is 0 Å². The molecule has 4 nitrogen and oxygen atoms in total. The molecule has 0 aliphatic heterocycles. The Morgan fingerprint density at radius 1 is 1.33 bits per heavy atom. The predicted molar refractivity (Wildman–Crippen MR) is 53.0 cm³/mol. The number of pyridine rings is 1. The second kappa shape index (κ2) is 3.97. The molecule has 0 radical (unpaired) electrons. The number of hydrogen-bond acceptors (Lipinski definition) is 3. The van der Waals surface area contributed by atoms with Crippen LogP contribution in [0.15, 0.2) is 23.1 Å². The molecule has 0 aliphatic carbocycles. The molecule has 18 heavy (non-hydrogen) atoms. The van der Waals surface area contributed by atoms with Gasteiger partial charge in [0.15, 0.2) is 17.3 Å². The minimum Gasteiger partial charge on any atom is -0.493 e. The molecule has 2 heterocycles. The summed E-state index contributed by atoms with van der Waals surface area (Å²) in [6.07, 6.45) is -4.01. The largest absolute Gasteiger partial charge is 0.493 e. The van der Waals surface area contributed by atoms with Crippen molar-refractivity contribution in [1.29, 1.82) is 0 Å². The van der Waals surface area contributed by atoms with E-state index in [9.17, 15) is 22.4 Å². The van der Waals surface area contributed by atoms with Crippen LogP contribution in [-0.2, 0) is 6.18 Å². The molecule has 0 spiro atoms. The third-order valence-electron chi connectivity index (χ3n) is 2.23. The van der Waals surface area contributed by atoms with Crippen molar-refractivity contribution in [3.8, 4) is 5.75 Å². The molecular formula is C10H6F4N2O2. The van der Waals surface area contributed by atoms with Gasteiger partial charge in [-0.2, -0.15) is 13.2 Å². The summed E-state index contributed by atoms with van der Waals surface area (Å²) in [7, 11) is 1.15. The lowest BCUT2D eigenvalue weighted by Crippen LogP contribution is -2.20. The average Bonchev–Trinajstić information content (AvgIpc) is 2.28. The van der Waals surface area contributed by atoms with Crippen molar-refractivity contribution < 1.29 is 22.3 Å². The van der Waals surface area contributed by atoms with E-state index in [2.05, 4.69) is 9.72 Å². The maximum absolute atomic E-state index is 13.3. The molecule has 96 valence electrons. The number of ether oxygens (including phenoxy) is 1. The lowest BCUT2D eigenvalue weighted by molar-refractivity contribution is -0.141. The zero-order valence-corrected chi connectivity index (χ0v) is 8.95. The number of rotatable bonds is 1. The molecule has 0 aromatic carbocycles. The summed E-state index contributed by atoms with van der Waals surface area (Å²) in [6.45, 7) is 0. The van der Waals surface area contributed by atoms with Gasteiger partial charge in [-0.1, -0.05) is 0 Å². The third kappa shape index (κ3) is 2.01. The maximum atomic E-state index is 13.3. The SMILES string of the molecule is COc1cc2nc(C(F)(F)F)cc(=O)n2cc1F. The molecule has 0 atom stereocenters. The highest BCUT2D eigenvalue weighted by molar-refractivity contribution is 5.45. The highest BCUT2D eigenvalue weighted by Gasteiger charge is 2.33. The van der Waals surface area contributed by atoms with E-state index in [0.29, 0.717) is 10.5 Å². The molecule has 0 fully saturated rings. The van der Waals surface area contributed by atoms with Gasteiger partial charge >= 0.3 is 6.18 Å². The summed E-state index contributed by atoms with van der Waals surface area (Å²) in [5, 5.41) is 0. The second-order valence-electron chi connectivity index (χ2n) is 3.40. The van der Waals surface area contributed by atoms with E-state index in [1.54, 1.807) is 0 Å². The van der Waals surface area contributed by atoms with Gasteiger partial charge in [0.1, 0.15) is 5.65 Å². The lowest BCUT2D eigenvalue weighted by Gasteiger charge is -2.08. The first-order chi connectivity index (χ1) is 8.32. The van der Waals surface area contributed by atoms with Crippen LogP contribution in [0, 0.1) is 5.82 Å². The molecule has 2 aromatic heterocycles. The highest BCUT2D eigenvalue weighted by atomic mass is 19.4. The summed E-state index contributed by atoms with van der Waals surface area (Å²) in [4.78, 5) is 14.7. The van der Waals surface area contributed by atoms with E-state index in [1.165, 1.54) is 0 Å². The third-order valence-corrected chi connectivity index (χ3v) is 2.23. The second-order valence-corrected chi connectivity index (χ2v) is 3.40. The summed E-state index contributed by atoms with van der Waals surface area (Å²) in [6, 6.07) is 1.23. The van der Waals surface area contributed by atoms with E-state index >= 15 is 0 Å². The molecule has 8 heteroatoms. The minimum atomic E-state index is -4.74. The first-order valence-electron chi connectivity index (χ1n) is 4.67. The van der Waals surface area contributed by atoms with Crippen LogP contribution < -0.4 is 10.3 Å². The van der Waals surface area contributed by atoms with Gasteiger partial charge in [-0.05, 0) is 0 Å². The number of hydrogen-bond donors (Lipinski definition) is 0. The van der Waals surface area contributed by atoms with Gasteiger partial charge in [-0.25, -0.2) is 9.37 Å². The van der Waals surface area contributed by atoms with Crippen LogP contribution in [0.1, 0.15) is 5.69 Å². The van der Waals surface area contributed by atoms with Gasteiger partial charge in [-0.3, -0.25) is 9.20 Å². The van der Waals surface area contributed by atoms with Gasteiger partial charge in [-0.15, -0.1) is 0 Å². The van der Waals surface area contributed by atoms with E-state index < -0.39 is 23.2 Å². The van der Waals surface area contributed by atoms with Gasteiger partial charge in [0, 0.05) is 12.1 Å². The molecule has 0 unspecified atom stereocenters. The molecule has 2 rings (SSSR count). The van der Waals surface area contributed by atoms with Crippen molar-refractivity contribution >= 4 is 5.65 Å². The molecular weight excluding hydrogens is 256 g/mol. The molecule has 0 N–H and O–H groups in total. The highest BCUT2D eigenvalue weighted by Crippen LogP contribution is 2.27. The van der Waals surface area contributed by atoms with E-state index in [4.69, 9.17) is 0 Å². The normalized spacial score (nSPS) is 11.8. The monoisotopic (exact) mass is 262 g/mol. The zero-order valence-electron chi connectivity index (χ0n) is 8.95. The average molecular weight is 262 g/mol. The number of alkyl halides is 3. The maximum Gasteiger partial charge on any atom is 0.433 e. The fourth-order valence-corrected chi connectivity index (χ4v) is 1.41. The van der Waals surface area contributed by atoms with Crippen LogP contribution in [0.25, 0.3) is 5.65 Å². The Morgan fingerprint density at radius 3 is 2.56 bits per heavy atom. The summed E-state index contributed by atoms with van der Waals surface area (Å²) < 4.78 is 55.9. The Kier molecular flexibility index (Phi) is 2.72. The number of aromatic nitrogens is 2. The predicted octanol–water partition coefficient (Wildman–Crippen LogP) is 1.86.